The summed E-state index contributed by atoms with van der Waals surface area (Å²) in [7, 11) is 1.64. The second kappa shape index (κ2) is 7.67. The second-order valence-corrected chi connectivity index (χ2v) is 6.64. The van der Waals surface area contributed by atoms with E-state index in [1.54, 1.807) is 25.8 Å². The van der Waals surface area contributed by atoms with Crippen LogP contribution < -0.4 is 10.1 Å². The summed E-state index contributed by atoms with van der Waals surface area (Å²) in [4.78, 5) is 22.1. The number of nitrogens with one attached hydrogen (secondary N) is 1. The molecule has 3 heterocycles. The number of ether oxygens (including phenoxy) is 1. The highest BCUT2D eigenvalue weighted by atomic mass is 16.5. The van der Waals surface area contributed by atoms with Crippen molar-refractivity contribution in [1.29, 1.82) is 0 Å². The first-order valence-electron chi connectivity index (χ1n) is 9.13. The van der Waals surface area contributed by atoms with Gasteiger partial charge in [-0.3, -0.25) is 9.97 Å². The van der Waals surface area contributed by atoms with Crippen molar-refractivity contribution in [2.75, 3.05) is 12.4 Å². The number of imidazole rings is 1. The van der Waals surface area contributed by atoms with Gasteiger partial charge >= 0.3 is 0 Å². The zero-order valence-corrected chi connectivity index (χ0v) is 16.7. The predicted molar refractivity (Wildman–Crippen MR) is 111 cm³/mol. The van der Waals surface area contributed by atoms with Crippen molar-refractivity contribution in [2.24, 2.45) is 0 Å². The van der Waals surface area contributed by atoms with E-state index in [4.69, 9.17) is 4.74 Å². The molecule has 29 heavy (non-hydrogen) atoms. The maximum absolute atomic E-state index is 5.56. The van der Waals surface area contributed by atoms with Gasteiger partial charge < -0.3 is 14.6 Å². The van der Waals surface area contributed by atoms with Crippen LogP contribution in [0.3, 0.4) is 0 Å². The Bertz CT molecular complexity index is 1170. The van der Waals surface area contributed by atoms with Gasteiger partial charge in [-0.05, 0) is 39.0 Å². The van der Waals surface area contributed by atoms with E-state index in [-0.39, 0.29) is 0 Å². The molecular weight excluding hydrogens is 366 g/mol. The lowest BCUT2D eigenvalue weighted by atomic mass is 10.2. The highest BCUT2D eigenvalue weighted by molar-refractivity contribution is 5.64. The van der Waals surface area contributed by atoms with Gasteiger partial charge in [0.1, 0.15) is 11.4 Å². The van der Waals surface area contributed by atoms with Gasteiger partial charge in [0.2, 0.25) is 5.95 Å². The first kappa shape index (κ1) is 18.5. The molecule has 8 nitrogen and oxygen atoms in total. The molecule has 0 aliphatic heterocycles. The topological polar surface area (TPSA) is 90.6 Å². The Morgan fingerprint density at radius 1 is 0.966 bits per heavy atom. The summed E-state index contributed by atoms with van der Waals surface area (Å²) in [6.45, 7) is 5.79. The van der Waals surface area contributed by atoms with Crippen LogP contribution in [0.5, 0.6) is 5.75 Å². The normalized spacial score (nSPS) is 10.8. The average Bonchev–Trinajstić information content (AvgIpc) is 3.14. The summed E-state index contributed by atoms with van der Waals surface area (Å²) in [6.07, 6.45) is 7.14. The molecule has 0 aliphatic carbocycles. The third-order valence-corrected chi connectivity index (χ3v) is 4.39. The van der Waals surface area contributed by atoms with Crippen LogP contribution in [0, 0.1) is 20.8 Å². The molecule has 8 heteroatoms. The molecule has 0 saturated carbocycles. The van der Waals surface area contributed by atoms with E-state index in [1.807, 2.05) is 55.8 Å². The van der Waals surface area contributed by atoms with Crippen LogP contribution in [0.15, 0.2) is 49.2 Å². The molecule has 0 unspecified atom stereocenters. The number of aromatic nitrogens is 6. The smallest absolute Gasteiger partial charge is 0.227 e. The summed E-state index contributed by atoms with van der Waals surface area (Å²) >= 11 is 0. The second-order valence-electron chi connectivity index (χ2n) is 6.64. The van der Waals surface area contributed by atoms with E-state index in [0.29, 0.717) is 17.4 Å². The SMILES string of the molecule is COc1cc(Nc2nccc(-c3ncc(C)nc3C)n2)ccc1-n1cnc(C)c1. The standard InChI is InChI=1S/C21H21N7O/c1-13-10-23-20(15(3)25-13)17-7-8-22-21(27-17)26-16-5-6-18(19(9-16)29-4)28-11-14(2)24-12-28/h5-12H,1-4H3,(H,22,26,27). The van der Waals surface area contributed by atoms with Crippen LogP contribution in [0.2, 0.25) is 0 Å². The number of methoxy groups -OCH3 is 1. The molecule has 1 aromatic carbocycles. The van der Waals surface area contributed by atoms with Gasteiger partial charge in [0, 0.05) is 30.3 Å². The molecule has 0 bridgehead atoms. The Morgan fingerprint density at radius 2 is 1.83 bits per heavy atom. The van der Waals surface area contributed by atoms with Gasteiger partial charge in [-0.25, -0.2) is 15.0 Å². The molecule has 0 spiro atoms. The average molecular weight is 387 g/mol. The van der Waals surface area contributed by atoms with Crippen molar-refractivity contribution in [2.45, 2.75) is 20.8 Å². The minimum atomic E-state index is 0.470. The summed E-state index contributed by atoms with van der Waals surface area (Å²) in [6, 6.07) is 7.63. The number of nitrogens with zero attached hydrogens (tertiary/aromatic N) is 6. The highest BCUT2D eigenvalue weighted by Gasteiger charge is 2.11. The lowest BCUT2D eigenvalue weighted by molar-refractivity contribution is 0.413. The summed E-state index contributed by atoms with van der Waals surface area (Å²) in [5.74, 6) is 1.18. The van der Waals surface area contributed by atoms with Crippen molar-refractivity contribution in [1.82, 2.24) is 29.5 Å². The molecular formula is C21H21N7O. The summed E-state index contributed by atoms with van der Waals surface area (Å²) < 4.78 is 7.48. The molecule has 0 aliphatic rings. The third-order valence-electron chi connectivity index (χ3n) is 4.39. The molecule has 4 rings (SSSR count). The van der Waals surface area contributed by atoms with Gasteiger partial charge in [0.15, 0.2) is 0 Å². The van der Waals surface area contributed by atoms with E-state index < -0.39 is 0 Å². The molecule has 0 saturated heterocycles. The van der Waals surface area contributed by atoms with Crippen LogP contribution >= 0.6 is 0 Å². The van der Waals surface area contributed by atoms with E-state index >= 15 is 0 Å². The van der Waals surface area contributed by atoms with Crippen molar-refractivity contribution in [3.05, 3.63) is 66.3 Å². The van der Waals surface area contributed by atoms with Crippen molar-refractivity contribution in [3.8, 4) is 22.8 Å². The maximum atomic E-state index is 5.56. The Labute approximate surface area is 168 Å². The summed E-state index contributed by atoms with van der Waals surface area (Å²) in [5, 5.41) is 3.23. The number of rotatable bonds is 5. The van der Waals surface area contributed by atoms with Crippen molar-refractivity contribution < 1.29 is 4.74 Å². The van der Waals surface area contributed by atoms with E-state index in [9.17, 15) is 0 Å². The zero-order chi connectivity index (χ0) is 20.4. The van der Waals surface area contributed by atoms with E-state index in [1.165, 1.54) is 0 Å². The van der Waals surface area contributed by atoms with Gasteiger partial charge in [-0.2, -0.15) is 0 Å². The molecule has 0 amide bonds. The fraction of sp³-hybridized carbons (Fsp3) is 0.190. The van der Waals surface area contributed by atoms with Gasteiger partial charge in [-0.1, -0.05) is 0 Å². The summed E-state index contributed by atoms with van der Waals surface area (Å²) in [5.41, 5.74) is 5.81. The number of hydrogen-bond acceptors (Lipinski definition) is 7. The van der Waals surface area contributed by atoms with Crippen LogP contribution in [0.25, 0.3) is 17.1 Å². The fourth-order valence-electron chi connectivity index (χ4n) is 3.05. The molecule has 4 aromatic rings. The fourth-order valence-corrected chi connectivity index (χ4v) is 3.05. The molecule has 3 aromatic heterocycles. The first-order valence-corrected chi connectivity index (χ1v) is 9.13. The third kappa shape index (κ3) is 3.91. The Hall–Kier alpha value is -3.81. The first-order chi connectivity index (χ1) is 14.0. The molecule has 0 fully saturated rings. The Balaban J connectivity index is 1.63. The number of benzene rings is 1. The Morgan fingerprint density at radius 3 is 2.55 bits per heavy atom. The zero-order valence-electron chi connectivity index (χ0n) is 16.7. The van der Waals surface area contributed by atoms with Gasteiger partial charge in [0.05, 0.1) is 41.9 Å². The molecule has 0 radical (unpaired) electrons. The van der Waals surface area contributed by atoms with Crippen molar-refractivity contribution >= 4 is 11.6 Å². The lowest BCUT2D eigenvalue weighted by Gasteiger charge is -2.12. The van der Waals surface area contributed by atoms with Gasteiger partial charge in [-0.15, -0.1) is 0 Å². The number of anilines is 2. The van der Waals surface area contributed by atoms with Crippen molar-refractivity contribution in [3.63, 3.8) is 0 Å². The molecule has 0 atom stereocenters. The monoisotopic (exact) mass is 387 g/mol. The van der Waals surface area contributed by atoms with Crippen LogP contribution in [-0.4, -0.2) is 36.6 Å². The van der Waals surface area contributed by atoms with Gasteiger partial charge in [0.25, 0.3) is 0 Å². The van der Waals surface area contributed by atoms with Crippen LogP contribution in [-0.2, 0) is 0 Å². The number of aryl methyl sites for hydroxylation is 3. The Kier molecular flexibility index (Phi) is 4.90. The quantitative estimate of drug-likeness (QED) is 0.557. The minimum absolute atomic E-state index is 0.470. The van der Waals surface area contributed by atoms with Crippen LogP contribution in [0.1, 0.15) is 17.1 Å². The largest absolute Gasteiger partial charge is 0.494 e. The highest BCUT2D eigenvalue weighted by Crippen LogP contribution is 2.28. The van der Waals surface area contributed by atoms with E-state index in [0.717, 1.165) is 34.2 Å². The molecule has 1 N–H and O–H groups in total. The minimum Gasteiger partial charge on any atom is -0.494 e. The predicted octanol–water partition coefficient (Wildman–Crippen LogP) is 3.80. The molecule has 146 valence electrons. The maximum Gasteiger partial charge on any atom is 0.227 e. The van der Waals surface area contributed by atoms with Crippen LogP contribution in [0.4, 0.5) is 11.6 Å². The number of hydrogen-bond donors (Lipinski definition) is 1. The lowest BCUT2D eigenvalue weighted by Crippen LogP contribution is -2.02. The van der Waals surface area contributed by atoms with E-state index in [2.05, 4.69) is 30.2 Å².